The first-order valence-electron chi connectivity index (χ1n) is 12.5. The highest BCUT2D eigenvalue weighted by atomic mass is 15.4. The summed E-state index contributed by atoms with van der Waals surface area (Å²) in [5.41, 5.74) is 0. The van der Waals surface area contributed by atoms with E-state index >= 15 is 0 Å². The molecule has 160 valence electrons. The Balaban J connectivity index is 2.04. The Labute approximate surface area is 171 Å². The minimum Gasteiger partial charge on any atom is -0.356 e. The van der Waals surface area contributed by atoms with Crippen LogP contribution in [0.2, 0.25) is 0 Å². The highest BCUT2D eigenvalue weighted by Crippen LogP contribution is 2.22. The van der Waals surface area contributed by atoms with Crippen molar-refractivity contribution < 1.29 is 0 Å². The Morgan fingerprint density at radius 1 is 0.519 bits per heavy atom. The van der Waals surface area contributed by atoms with Gasteiger partial charge in [0.05, 0.1) is 0 Å². The second-order valence-electron chi connectivity index (χ2n) is 8.59. The van der Waals surface area contributed by atoms with Gasteiger partial charge in [-0.3, -0.25) is 0 Å². The van der Waals surface area contributed by atoms with E-state index in [0.717, 1.165) is 6.54 Å². The summed E-state index contributed by atoms with van der Waals surface area (Å²) in [6, 6.07) is 0. The first kappa shape index (κ1) is 24.4. The van der Waals surface area contributed by atoms with Gasteiger partial charge in [-0.05, 0) is 26.2 Å². The third-order valence-corrected chi connectivity index (χ3v) is 6.17. The van der Waals surface area contributed by atoms with Crippen LogP contribution in [0.4, 0.5) is 0 Å². The maximum atomic E-state index is 2.62. The van der Waals surface area contributed by atoms with Crippen LogP contribution in [-0.4, -0.2) is 29.1 Å². The fourth-order valence-electron chi connectivity index (χ4n) is 4.32. The van der Waals surface area contributed by atoms with Crippen molar-refractivity contribution in [3.8, 4) is 0 Å². The van der Waals surface area contributed by atoms with Crippen molar-refractivity contribution in [1.29, 1.82) is 0 Å². The second kappa shape index (κ2) is 17.4. The molecule has 1 aliphatic heterocycles. The summed E-state index contributed by atoms with van der Waals surface area (Å²) >= 11 is 0. The van der Waals surface area contributed by atoms with Crippen LogP contribution in [0, 0.1) is 0 Å². The third-order valence-electron chi connectivity index (χ3n) is 6.17. The maximum absolute atomic E-state index is 2.62. The smallest absolute Gasteiger partial charge is 0.101 e. The fourth-order valence-corrected chi connectivity index (χ4v) is 4.32. The molecule has 0 bridgehead atoms. The second-order valence-corrected chi connectivity index (χ2v) is 8.59. The highest BCUT2D eigenvalue weighted by molar-refractivity contribution is 4.96. The molecule has 0 aromatic rings. The lowest BCUT2D eigenvalue weighted by molar-refractivity contribution is 0.142. The molecule has 0 aliphatic carbocycles. The zero-order chi connectivity index (χ0) is 19.6. The molecule has 0 spiro atoms. The molecule has 2 heteroatoms. The standard InChI is InChI=1S/C25H50N2/c1-4-7-9-11-12-13-14-15-16-18-20-22-27-24-23-26(6-3)25(27)21-19-17-10-8-5-2/h23-25H,4-22H2,1-3H3. The number of unbranched alkanes of at least 4 members (excludes halogenated alkanes) is 14. The minimum absolute atomic E-state index is 0.639. The lowest BCUT2D eigenvalue weighted by atomic mass is 10.1. The van der Waals surface area contributed by atoms with E-state index < -0.39 is 0 Å². The van der Waals surface area contributed by atoms with Gasteiger partial charge < -0.3 is 9.80 Å². The largest absolute Gasteiger partial charge is 0.356 e. The van der Waals surface area contributed by atoms with Gasteiger partial charge in [-0.2, -0.15) is 0 Å². The Morgan fingerprint density at radius 3 is 1.48 bits per heavy atom. The van der Waals surface area contributed by atoms with Gasteiger partial charge in [-0.15, -0.1) is 0 Å². The van der Waals surface area contributed by atoms with Crippen molar-refractivity contribution in [2.75, 3.05) is 13.1 Å². The molecule has 0 aromatic carbocycles. The average molecular weight is 379 g/mol. The number of hydrogen-bond donors (Lipinski definition) is 0. The van der Waals surface area contributed by atoms with E-state index in [-0.39, 0.29) is 0 Å². The Morgan fingerprint density at radius 2 is 0.963 bits per heavy atom. The highest BCUT2D eigenvalue weighted by Gasteiger charge is 2.23. The Hall–Kier alpha value is -0.660. The number of nitrogens with zero attached hydrogens (tertiary/aromatic N) is 2. The summed E-state index contributed by atoms with van der Waals surface area (Å²) in [6.45, 7) is 9.29. The van der Waals surface area contributed by atoms with E-state index in [0.29, 0.717) is 6.17 Å². The SMILES string of the molecule is CCCCCCCCCCCCCN1C=CN(CC)C1CCCCCCC. The van der Waals surface area contributed by atoms with E-state index in [1.54, 1.807) is 0 Å². The lowest BCUT2D eigenvalue weighted by Gasteiger charge is -2.32. The van der Waals surface area contributed by atoms with Gasteiger partial charge in [0, 0.05) is 25.5 Å². The predicted molar refractivity (Wildman–Crippen MR) is 122 cm³/mol. The summed E-state index contributed by atoms with van der Waals surface area (Å²) in [5.74, 6) is 0. The molecule has 0 saturated carbocycles. The van der Waals surface area contributed by atoms with Gasteiger partial charge in [0.1, 0.15) is 6.17 Å². The monoisotopic (exact) mass is 378 g/mol. The first-order valence-corrected chi connectivity index (χ1v) is 12.5. The van der Waals surface area contributed by atoms with E-state index in [4.69, 9.17) is 0 Å². The lowest BCUT2D eigenvalue weighted by Crippen LogP contribution is -2.38. The van der Waals surface area contributed by atoms with Crippen molar-refractivity contribution in [2.45, 2.75) is 136 Å². The predicted octanol–water partition coefficient (Wildman–Crippen LogP) is 8.09. The molecule has 2 nitrogen and oxygen atoms in total. The zero-order valence-electron chi connectivity index (χ0n) is 19.1. The van der Waals surface area contributed by atoms with Crippen LogP contribution in [-0.2, 0) is 0 Å². The summed E-state index contributed by atoms with van der Waals surface area (Å²) in [6.07, 6.45) is 29.4. The van der Waals surface area contributed by atoms with Gasteiger partial charge in [0.15, 0.2) is 0 Å². The van der Waals surface area contributed by atoms with Crippen molar-refractivity contribution in [1.82, 2.24) is 9.80 Å². The quantitative estimate of drug-likeness (QED) is 0.209. The van der Waals surface area contributed by atoms with Crippen molar-refractivity contribution in [3.63, 3.8) is 0 Å². The summed E-state index contributed by atoms with van der Waals surface area (Å²) in [5, 5.41) is 0. The van der Waals surface area contributed by atoms with Gasteiger partial charge >= 0.3 is 0 Å². The summed E-state index contributed by atoms with van der Waals surface area (Å²) in [7, 11) is 0. The van der Waals surface area contributed by atoms with Crippen LogP contribution in [0.5, 0.6) is 0 Å². The van der Waals surface area contributed by atoms with Crippen LogP contribution in [0.1, 0.15) is 130 Å². The Kier molecular flexibility index (Phi) is 15.7. The van der Waals surface area contributed by atoms with Crippen LogP contribution >= 0.6 is 0 Å². The average Bonchev–Trinajstić information content (AvgIpc) is 3.07. The van der Waals surface area contributed by atoms with Crippen LogP contribution < -0.4 is 0 Å². The topological polar surface area (TPSA) is 6.48 Å². The van der Waals surface area contributed by atoms with Gasteiger partial charge in [0.25, 0.3) is 0 Å². The molecular formula is C25H50N2. The molecule has 0 amide bonds. The van der Waals surface area contributed by atoms with Crippen molar-refractivity contribution >= 4 is 0 Å². The summed E-state index contributed by atoms with van der Waals surface area (Å²) < 4.78 is 0. The number of hydrogen-bond acceptors (Lipinski definition) is 2. The van der Waals surface area contributed by atoms with Gasteiger partial charge in [0.2, 0.25) is 0 Å². The molecule has 1 atom stereocenters. The molecule has 0 aromatic heterocycles. The molecule has 0 saturated heterocycles. The molecular weight excluding hydrogens is 328 g/mol. The number of rotatable bonds is 19. The van der Waals surface area contributed by atoms with Crippen LogP contribution in [0.3, 0.4) is 0 Å². The normalized spacial score (nSPS) is 16.6. The van der Waals surface area contributed by atoms with Crippen LogP contribution in [0.15, 0.2) is 12.4 Å². The van der Waals surface area contributed by atoms with Crippen LogP contribution in [0.25, 0.3) is 0 Å². The first-order chi connectivity index (χ1) is 13.3. The van der Waals surface area contributed by atoms with E-state index in [9.17, 15) is 0 Å². The molecule has 1 aliphatic rings. The molecule has 27 heavy (non-hydrogen) atoms. The molecule has 1 unspecified atom stereocenters. The van der Waals surface area contributed by atoms with E-state index in [1.165, 1.54) is 116 Å². The minimum atomic E-state index is 0.639. The Bertz CT molecular complexity index is 339. The summed E-state index contributed by atoms with van der Waals surface area (Å²) in [4.78, 5) is 5.16. The fraction of sp³-hybridized carbons (Fsp3) is 0.920. The molecule has 0 fully saturated rings. The van der Waals surface area contributed by atoms with E-state index in [1.807, 2.05) is 0 Å². The van der Waals surface area contributed by atoms with Crippen molar-refractivity contribution in [2.24, 2.45) is 0 Å². The van der Waals surface area contributed by atoms with E-state index in [2.05, 4.69) is 43.0 Å². The van der Waals surface area contributed by atoms with Gasteiger partial charge in [-0.25, -0.2) is 0 Å². The third kappa shape index (κ3) is 11.7. The van der Waals surface area contributed by atoms with Gasteiger partial charge in [-0.1, -0.05) is 104 Å². The molecule has 0 N–H and O–H groups in total. The molecule has 1 rings (SSSR count). The maximum Gasteiger partial charge on any atom is 0.101 e. The van der Waals surface area contributed by atoms with Crippen molar-refractivity contribution in [3.05, 3.63) is 12.4 Å². The molecule has 1 heterocycles. The zero-order valence-corrected chi connectivity index (χ0v) is 19.1. The molecule has 0 radical (unpaired) electrons.